The summed E-state index contributed by atoms with van der Waals surface area (Å²) >= 11 is 0. The Morgan fingerprint density at radius 1 is 1.12 bits per heavy atom. The summed E-state index contributed by atoms with van der Waals surface area (Å²) < 4.78 is 1.42. The Balaban J connectivity index is 1.42. The van der Waals surface area contributed by atoms with Crippen molar-refractivity contribution in [3.05, 3.63) is 42.2 Å². The third kappa shape index (κ3) is 5.41. The van der Waals surface area contributed by atoms with Crippen LogP contribution in [0, 0.1) is 5.92 Å². The van der Waals surface area contributed by atoms with Crippen molar-refractivity contribution in [2.75, 3.05) is 5.32 Å². The molecule has 0 bridgehead atoms. The largest absolute Gasteiger partial charge is 0.350 e. The molecular formula is C18H23N5O2. The van der Waals surface area contributed by atoms with Gasteiger partial charge in [0.15, 0.2) is 0 Å². The molecule has 1 aliphatic carbocycles. The van der Waals surface area contributed by atoms with Crippen molar-refractivity contribution in [3.8, 4) is 0 Å². The van der Waals surface area contributed by atoms with E-state index in [9.17, 15) is 9.59 Å². The molecule has 132 valence electrons. The van der Waals surface area contributed by atoms with Gasteiger partial charge in [0.25, 0.3) is 0 Å². The number of hydrogen-bond donors (Lipinski definition) is 2. The van der Waals surface area contributed by atoms with Gasteiger partial charge in [-0.25, -0.2) is 9.67 Å². The summed E-state index contributed by atoms with van der Waals surface area (Å²) in [6, 6.07) is 9.70. The van der Waals surface area contributed by atoms with Crippen LogP contribution in [-0.4, -0.2) is 26.6 Å². The Hall–Kier alpha value is -2.70. The van der Waals surface area contributed by atoms with Crippen LogP contribution in [-0.2, 0) is 22.7 Å². The van der Waals surface area contributed by atoms with Gasteiger partial charge in [-0.3, -0.25) is 14.9 Å². The van der Waals surface area contributed by atoms with E-state index in [1.165, 1.54) is 23.9 Å². The highest BCUT2D eigenvalue weighted by atomic mass is 16.2. The topological polar surface area (TPSA) is 88.9 Å². The molecule has 25 heavy (non-hydrogen) atoms. The Bertz CT molecular complexity index is 707. The summed E-state index contributed by atoms with van der Waals surface area (Å²) in [4.78, 5) is 28.0. The first kappa shape index (κ1) is 17.1. The number of amides is 2. The molecule has 0 aliphatic heterocycles. The maximum absolute atomic E-state index is 12.0. The third-order valence-electron chi connectivity index (χ3n) is 4.37. The number of rotatable bonds is 7. The fourth-order valence-corrected chi connectivity index (χ4v) is 3.08. The minimum absolute atomic E-state index is 0.0572. The first-order valence-corrected chi connectivity index (χ1v) is 8.69. The van der Waals surface area contributed by atoms with Crippen LogP contribution in [0.1, 0.15) is 37.7 Å². The molecule has 1 aromatic carbocycles. The number of benzene rings is 1. The van der Waals surface area contributed by atoms with Gasteiger partial charge in [0.2, 0.25) is 17.8 Å². The molecule has 2 N–H and O–H groups in total. The maximum Gasteiger partial charge on any atom is 0.248 e. The van der Waals surface area contributed by atoms with E-state index in [1.807, 2.05) is 30.3 Å². The van der Waals surface area contributed by atoms with Crippen LogP contribution >= 0.6 is 0 Å². The van der Waals surface area contributed by atoms with Crippen molar-refractivity contribution in [2.45, 2.75) is 45.2 Å². The fourth-order valence-electron chi connectivity index (χ4n) is 3.08. The number of nitrogens with one attached hydrogen (secondary N) is 2. The van der Waals surface area contributed by atoms with Gasteiger partial charge >= 0.3 is 0 Å². The summed E-state index contributed by atoms with van der Waals surface area (Å²) in [5, 5.41) is 9.67. The van der Waals surface area contributed by atoms with Crippen molar-refractivity contribution < 1.29 is 9.59 Å². The van der Waals surface area contributed by atoms with Crippen LogP contribution in [0.15, 0.2) is 36.7 Å². The average Bonchev–Trinajstić information content (AvgIpc) is 3.26. The van der Waals surface area contributed by atoms with Gasteiger partial charge in [0.05, 0.1) is 0 Å². The molecule has 3 rings (SSSR count). The average molecular weight is 341 g/mol. The second-order valence-electron chi connectivity index (χ2n) is 6.43. The van der Waals surface area contributed by atoms with E-state index in [2.05, 4.69) is 20.7 Å². The first-order valence-electron chi connectivity index (χ1n) is 8.69. The van der Waals surface area contributed by atoms with Gasteiger partial charge in [0.1, 0.15) is 12.9 Å². The zero-order chi connectivity index (χ0) is 17.5. The smallest absolute Gasteiger partial charge is 0.248 e. The van der Waals surface area contributed by atoms with E-state index < -0.39 is 0 Å². The number of carbonyl (C=O) groups is 2. The second kappa shape index (κ2) is 8.41. The molecular weight excluding hydrogens is 318 g/mol. The molecule has 0 spiro atoms. The molecule has 0 saturated heterocycles. The van der Waals surface area contributed by atoms with E-state index in [0.29, 0.717) is 18.9 Å². The predicted molar refractivity (Wildman–Crippen MR) is 93.5 cm³/mol. The van der Waals surface area contributed by atoms with Crippen molar-refractivity contribution in [1.29, 1.82) is 0 Å². The standard InChI is InChI=1S/C18H23N5O2/c24-16(10-14-6-4-5-7-14)21-18-20-13-23(22-18)12-17(25)19-11-15-8-2-1-3-9-15/h1-3,8-9,13-14H,4-7,10-12H2,(H,19,25)(H,21,22,24). The Morgan fingerprint density at radius 2 is 1.88 bits per heavy atom. The highest BCUT2D eigenvalue weighted by Crippen LogP contribution is 2.27. The highest BCUT2D eigenvalue weighted by Gasteiger charge is 2.19. The van der Waals surface area contributed by atoms with Gasteiger partial charge in [-0.05, 0) is 24.3 Å². The SMILES string of the molecule is O=C(Cn1cnc(NC(=O)CC2CCCC2)n1)NCc1ccccc1. The lowest BCUT2D eigenvalue weighted by Crippen LogP contribution is -2.27. The minimum Gasteiger partial charge on any atom is -0.350 e. The Labute approximate surface area is 146 Å². The van der Waals surface area contributed by atoms with E-state index >= 15 is 0 Å². The predicted octanol–water partition coefficient (Wildman–Crippen LogP) is 2.11. The molecule has 1 saturated carbocycles. The quantitative estimate of drug-likeness (QED) is 0.807. The molecule has 1 aliphatic rings. The highest BCUT2D eigenvalue weighted by molar-refractivity contribution is 5.89. The van der Waals surface area contributed by atoms with Crippen molar-refractivity contribution in [2.24, 2.45) is 5.92 Å². The van der Waals surface area contributed by atoms with Gasteiger partial charge in [0, 0.05) is 13.0 Å². The normalized spacial score (nSPS) is 14.4. The fraction of sp³-hybridized carbons (Fsp3) is 0.444. The number of aromatic nitrogens is 3. The lowest BCUT2D eigenvalue weighted by Gasteiger charge is -2.07. The van der Waals surface area contributed by atoms with Gasteiger partial charge in [-0.2, -0.15) is 0 Å². The number of nitrogens with zero attached hydrogens (tertiary/aromatic N) is 3. The van der Waals surface area contributed by atoms with Gasteiger partial charge in [-0.1, -0.05) is 43.2 Å². The molecule has 1 aromatic heterocycles. The van der Waals surface area contributed by atoms with E-state index in [4.69, 9.17) is 0 Å². The molecule has 7 heteroatoms. The Morgan fingerprint density at radius 3 is 2.64 bits per heavy atom. The summed E-state index contributed by atoms with van der Waals surface area (Å²) in [5.41, 5.74) is 1.04. The summed E-state index contributed by atoms with van der Waals surface area (Å²) in [5.74, 6) is 0.514. The third-order valence-corrected chi connectivity index (χ3v) is 4.37. The molecule has 2 aromatic rings. The zero-order valence-electron chi connectivity index (χ0n) is 14.1. The zero-order valence-corrected chi connectivity index (χ0v) is 14.1. The maximum atomic E-state index is 12.0. The van der Waals surface area contributed by atoms with Crippen molar-refractivity contribution in [1.82, 2.24) is 20.1 Å². The van der Waals surface area contributed by atoms with Gasteiger partial charge < -0.3 is 5.32 Å². The lowest BCUT2D eigenvalue weighted by atomic mass is 10.0. The monoisotopic (exact) mass is 341 g/mol. The molecule has 1 heterocycles. The van der Waals surface area contributed by atoms with Crippen LogP contribution in [0.3, 0.4) is 0 Å². The van der Waals surface area contributed by atoms with E-state index in [-0.39, 0.29) is 24.3 Å². The molecule has 0 radical (unpaired) electrons. The summed E-state index contributed by atoms with van der Waals surface area (Å²) in [7, 11) is 0. The summed E-state index contributed by atoms with van der Waals surface area (Å²) in [6.45, 7) is 0.539. The molecule has 2 amide bonds. The van der Waals surface area contributed by atoms with Gasteiger partial charge in [-0.15, -0.1) is 5.10 Å². The Kier molecular flexibility index (Phi) is 5.77. The number of anilines is 1. The molecule has 0 atom stereocenters. The van der Waals surface area contributed by atoms with E-state index in [0.717, 1.165) is 18.4 Å². The van der Waals surface area contributed by atoms with Crippen LogP contribution in [0.2, 0.25) is 0 Å². The first-order chi connectivity index (χ1) is 12.2. The minimum atomic E-state index is -0.155. The summed E-state index contributed by atoms with van der Waals surface area (Å²) in [6.07, 6.45) is 6.64. The van der Waals surface area contributed by atoms with Crippen LogP contribution in [0.25, 0.3) is 0 Å². The van der Waals surface area contributed by atoms with Crippen LogP contribution < -0.4 is 10.6 Å². The molecule has 1 fully saturated rings. The lowest BCUT2D eigenvalue weighted by molar-refractivity contribution is -0.122. The molecule has 0 unspecified atom stereocenters. The van der Waals surface area contributed by atoms with Crippen molar-refractivity contribution in [3.63, 3.8) is 0 Å². The van der Waals surface area contributed by atoms with Crippen molar-refractivity contribution >= 4 is 17.8 Å². The second-order valence-corrected chi connectivity index (χ2v) is 6.43. The number of carbonyl (C=O) groups excluding carboxylic acids is 2. The van der Waals surface area contributed by atoms with E-state index in [1.54, 1.807) is 0 Å². The van der Waals surface area contributed by atoms with Crippen LogP contribution in [0.5, 0.6) is 0 Å². The van der Waals surface area contributed by atoms with Crippen LogP contribution in [0.4, 0.5) is 5.95 Å². The molecule has 7 nitrogen and oxygen atoms in total. The number of hydrogen-bond acceptors (Lipinski definition) is 4.